The van der Waals surface area contributed by atoms with Gasteiger partial charge in [0.05, 0.1) is 6.54 Å². The minimum atomic E-state index is -1.34. The van der Waals surface area contributed by atoms with Crippen LogP contribution in [0.3, 0.4) is 0 Å². The van der Waals surface area contributed by atoms with Gasteiger partial charge in [0.15, 0.2) is 0 Å². The number of hydrogen-bond donors (Lipinski definition) is 4. The number of nitrogens with one attached hydrogen (secondary N) is 3. The van der Waals surface area contributed by atoms with Crippen molar-refractivity contribution < 1.29 is 33.6 Å². The first-order valence-corrected chi connectivity index (χ1v) is 13.8. The summed E-state index contributed by atoms with van der Waals surface area (Å²) < 4.78 is 14.4. The van der Waals surface area contributed by atoms with Gasteiger partial charge in [-0.2, -0.15) is 0 Å². The molecule has 4 N–H and O–H groups in total. The van der Waals surface area contributed by atoms with Crippen molar-refractivity contribution in [2.24, 2.45) is 5.92 Å². The zero-order valence-electron chi connectivity index (χ0n) is 23.7. The van der Waals surface area contributed by atoms with Crippen molar-refractivity contribution in [2.45, 2.75) is 83.6 Å². The van der Waals surface area contributed by atoms with E-state index in [1.807, 2.05) is 13.8 Å². The van der Waals surface area contributed by atoms with Crippen LogP contribution in [0.5, 0.6) is 0 Å². The summed E-state index contributed by atoms with van der Waals surface area (Å²) in [6.45, 7) is 5.40. The fraction of sp³-hybridized carbons (Fsp3) is 0.607. The largest absolute Gasteiger partial charge is 0.352 e. The molecule has 1 aliphatic heterocycles. The summed E-state index contributed by atoms with van der Waals surface area (Å²) in [7, 11) is 1.43. The number of carbonyl (C=O) groups excluding carboxylic acids is 5. The van der Waals surface area contributed by atoms with Crippen LogP contribution in [0.25, 0.3) is 0 Å². The van der Waals surface area contributed by atoms with E-state index in [2.05, 4.69) is 10.6 Å². The molecule has 0 radical (unpaired) electrons. The molecular weight excluding hydrogens is 521 g/mol. The van der Waals surface area contributed by atoms with Crippen LogP contribution in [0.2, 0.25) is 0 Å². The molecule has 0 bridgehead atoms. The number of carbonyl (C=O) groups is 5. The Labute approximate surface area is 234 Å². The third-order valence-corrected chi connectivity index (χ3v) is 7.31. The molecule has 1 heterocycles. The Balaban J connectivity index is 2.14. The van der Waals surface area contributed by atoms with Gasteiger partial charge in [0.2, 0.25) is 17.7 Å². The summed E-state index contributed by atoms with van der Waals surface area (Å²) >= 11 is 0. The van der Waals surface area contributed by atoms with Gasteiger partial charge >= 0.3 is 0 Å². The second-order valence-electron chi connectivity index (χ2n) is 10.2. The van der Waals surface area contributed by atoms with Crippen molar-refractivity contribution >= 4 is 29.5 Å². The maximum atomic E-state index is 14.4. The number of rotatable bonds is 14. The number of hydroxylamine groups is 1. The van der Waals surface area contributed by atoms with Gasteiger partial charge in [0, 0.05) is 32.0 Å². The number of alkyl halides is 1. The van der Waals surface area contributed by atoms with E-state index in [0.717, 1.165) is 6.42 Å². The Morgan fingerprint density at radius 1 is 1.12 bits per heavy atom. The topological polar surface area (TPSA) is 148 Å². The van der Waals surface area contributed by atoms with E-state index in [1.165, 1.54) is 22.3 Å². The first-order valence-electron chi connectivity index (χ1n) is 13.8. The van der Waals surface area contributed by atoms with E-state index in [4.69, 9.17) is 0 Å². The summed E-state index contributed by atoms with van der Waals surface area (Å²) in [5, 5.41) is 14.5. The van der Waals surface area contributed by atoms with E-state index in [0.29, 0.717) is 18.4 Å². The van der Waals surface area contributed by atoms with E-state index in [1.54, 1.807) is 37.3 Å². The lowest BCUT2D eigenvalue weighted by molar-refractivity contribution is -0.148. The zero-order chi connectivity index (χ0) is 29.8. The SMILES string of the molecule is CCCCC(=O)N1C[C@H](F)C[C@H]1C(=O)N(C)C(C(=O)NC(CCNC(=O)c1ccccc1)C(=O)NO)C(C)CC. The second kappa shape index (κ2) is 15.9. The number of nitrogens with zero attached hydrogens (tertiary/aromatic N) is 2. The number of hydrogen-bond acceptors (Lipinski definition) is 6. The number of amides is 5. The highest BCUT2D eigenvalue weighted by molar-refractivity contribution is 5.95. The molecule has 5 atom stereocenters. The fourth-order valence-corrected chi connectivity index (χ4v) is 4.80. The fourth-order valence-electron chi connectivity index (χ4n) is 4.80. The molecule has 1 aromatic carbocycles. The molecule has 0 spiro atoms. The van der Waals surface area contributed by atoms with E-state index in [-0.39, 0.29) is 50.1 Å². The molecule has 1 aliphatic rings. The molecule has 3 unspecified atom stereocenters. The Kier molecular flexibility index (Phi) is 13.0. The van der Waals surface area contributed by atoms with Crippen molar-refractivity contribution in [3.63, 3.8) is 0 Å². The average molecular weight is 564 g/mol. The normalized spacial score (nSPS) is 18.8. The molecule has 11 nitrogen and oxygen atoms in total. The monoisotopic (exact) mass is 563 g/mol. The van der Waals surface area contributed by atoms with Gasteiger partial charge in [-0.05, 0) is 30.9 Å². The predicted molar refractivity (Wildman–Crippen MR) is 146 cm³/mol. The standard InChI is InChI=1S/C28H42FN5O6/c1-5-7-13-23(35)34-17-20(29)16-22(34)28(39)33(4)24(18(3)6-2)27(38)31-21(26(37)32-40)14-15-30-25(36)19-11-9-8-10-12-19/h8-12,18,20-22,24,40H,5-7,13-17H2,1-4H3,(H,30,36)(H,31,38)(H,32,37)/t18?,20-,21?,22+,24?/m1/s1. The van der Waals surface area contributed by atoms with Crippen molar-refractivity contribution in [2.75, 3.05) is 20.1 Å². The Bertz CT molecular complexity index is 1030. The molecule has 0 aromatic heterocycles. The number of benzene rings is 1. The van der Waals surface area contributed by atoms with Crippen LogP contribution in [0.15, 0.2) is 30.3 Å². The smallest absolute Gasteiger partial charge is 0.265 e. The summed E-state index contributed by atoms with van der Waals surface area (Å²) in [5.41, 5.74) is 1.95. The molecule has 1 saturated heterocycles. The first-order chi connectivity index (χ1) is 19.0. The number of likely N-dealkylation sites (N-methyl/N-ethyl adjacent to an activating group) is 1. The van der Waals surface area contributed by atoms with Gasteiger partial charge in [0.1, 0.15) is 24.3 Å². The molecular formula is C28H42FN5O6. The van der Waals surface area contributed by atoms with Crippen LogP contribution in [-0.4, -0.2) is 89.0 Å². The Hall–Kier alpha value is -3.54. The van der Waals surface area contributed by atoms with Crippen LogP contribution in [0.4, 0.5) is 4.39 Å². The van der Waals surface area contributed by atoms with E-state index in [9.17, 15) is 33.6 Å². The number of halogens is 1. The van der Waals surface area contributed by atoms with Crippen molar-refractivity contribution in [3.8, 4) is 0 Å². The van der Waals surface area contributed by atoms with Gasteiger partial charge in [-0.15, -0.1) is 0 Å². The lowest BCUT2D eigenvalue weighted by Crippen LogP contribution is -2.58. The summed E-state index contributed by atoms with van der Waals surface area (Å²) in [5.74, 6) is -3.09. The Morgan fingerprint density at radius 2 is 1.80 bits per heavy atom. The van der Waals surface area contributed by atoms with Crippen LogP contribution in [0.1, 0.15) is 69.7 Å². The maximum absolute atomic E-state index is 14.4. The van der Waals surface area contributed by atoms with Crippen molar-refractivity contribution in [3.05, 3.63) is 35.9 Å². The van der Waals surface area contributed by atoms with Crippen molar-refractivity contribution in [1.29, 1.82) is 0 Å². The summed E-state index contributed by atoms with van der Waals surface area (Å²) in [4.78, 5) is 66.8. The highest BCUT2D eigenvalue weighted by atomic mass is 19.1. The third kappa shape index (κ3) is 8.73. The zero-order valence-corrected chi connectivity index (χ0v) is 23.7. The summed E-state index contributed by atoms with van der Waals surface area (Å²) in [6.07, 6.45) is 0.611. The predicted octanol–water partition coefficient (Wildman–Crippen LogP) is 1.80. The molecule has 0 saturated carbocycles. The molecule has 2 rings (SSSR count). The van der Waals surface area contributed by atoms with Gasteiger partial charge in [0.25, 0.3) is 11.8 Å². The lowest BCUT2D eigenvalue weighted by atomic mass is 9.95. The van der Waals surface area contributed by atoms with Crippen LogP contribution in [-0.2, 0) is 19.2 Å². The molecule has 222 valence electrons. The number of unbranched alkanes of at least 4 members (excludes halogenated alkanes) is 1. The molecule has 40 heavy (non-hydrogen) atoms. The average Bonchev–Trinajstić information content (AvgIpc) is 3.36. The van der Waals surface area contributed by atoms with Crippen molar-refractivity contribution in [1.82, 2.24) is 25.9 Å². The molecule has 1 fully saturated rings. The molecule has 0 aliphatic carbocycles. The molecule has 1 aromatic rings. The second-order valence-corrected chi connectivity index (χ2v) is 10.2. The highest BCUT2D eigenvalue weighted by Crippen LogP contribution is 2.25. The first kappa shape index (κ1) is 32.7. The molecule has 5 amide bonds. The number of likely N-dealkylation sites (tertiary alicyclic amines) is 1. The maximum Gasteiger partial charge on any atom is 0.265 e. The summed E-state index contributed by atoms with van der Waals surface area (Å²) in [6, 6.07) is 5.20. The van der Waals surface area contributed by atoms with Gasteiger partial charge in [-0.25, -0.2) is 9.87 Å². The van der Waals surface area contributed by atoms with Gasteiger partial charge < -0.3 is 20.4 Å². The molecule has 12 heteroatoms. The quantitative estimate of drug-likeness (QED) is 0.200. The van der Waals surface area contributed by atoms with Crippen LogP contribution >= 0.6 is 0 Å². The van der Waals surface area contributed by atoms with E-state index < -0.39 is 42.0 Å². The van der Waals surface area contributed by atoms with Crippen LogP contribution < -0.4 is 16.1 Å². The minimum Gasteiger partial charge on any atom is -0.352 e. The Morgan fingerprint density at radius 3 is 2.40 bits per heavy atom. The van der Waals surface area contributed by atoms with Gasteiger partial charge in [-0.1, -0.05) is 51.8 Å². The van der Waals surface area contributed by atoms with Crippen LogP contribution in [0, 0.1) is 5.92 Å². The third-order valence-electron chi connectivity index (χ3n) is 7.31. The van der Waals surface area contributed by atoms with Gasteiger partial charge in [-0.3, -0.25) is 29.2 Å². The minimum absolute atomic E-state index is 0.0175. The highest BCUT2D eigenvalue weighted by Gasteiger charge is 2.43. The van der Waals surface area contributed by atoms with E-state index >= 15 is 0 Å². The lowest BCUT2D eigenvalue weighted by Gasteiger charge is -2.35.